The average molecular weight is 329 g/mol. The quantitative estimate of drug-likeness (QED) is 0.713. The fraction of sp³-hybridized carbons (Fsp3) is 0.222. The summed E-state index contributed by atoms with van der Waals surface area (Å²) < 4.78 is 13.0. The van der Waals surface area contributed by atoms with E-state index in [9.17, 15) is 14.0 Å². The molecule has 2 aromatic carbocycles. The van der Waals surface area contributed by atoms with Gasteiger partial charge in [-0.2, -0.15) is 0 Å². The van der Waals surface area contributed by atoms with E-state index >= 15 is 0 Å². The van der Waals surface area contributed by atoms with Crippen LogP contribution in [-0.4, -0.2) is 18.4 Å². The van der Waals surface area contributed by atoms with Gasteiger partial charge in [0.05, 0.1) is 6.54 Å². The molecule has 0 heterocycles. The fourth-order valence-corrected chi connectivity index (χ4v) is 2.05. The Hall–Kier alpha value is -2.89. The molecule has 0 unspecified atom stereocenters. The van der Waals surface area contributed by atoms with Gasteiger partial charge in [-0.15, -0.1) is 0 Å². The highest BCUT2D eigenvalue weighted by molar-refractivity contribution is 5.84. The number of nitrogens with one attached hydrogen (secondary N) is 3. The van der Waals surface area contributed by atoms with Crippen molar-refractivity contribution in [3.05, 3.63) is 65.5 Å². The molecule has 0 aliphatic carbocycles. The Morgan fingerprint density at radius 1 is 1.00 bits per heavy atom. The number of benzene rings is 2. The van der Waals surface area contributed by atoms with Gasteiger partial charge in [-0.1, -0.05) is 29.8 Å². The van der Waals surface area contributed by atoms with Crippen molar-refractivity contribution in [3.63, 3.8) is 0 Å². The van der Waals surface area contributed by atoms with Gasteiger partial charge in [-0.25, -0.2) is 4.39 Å². The number of carbonyl (C=O) groups excluding carboxylic acids is 2. The van der Waals surface area contributed by atoms with E-state index < -0.39 is 0 Å². The zero-order chi connectivity index (χ0) is 17.4. The molecular weight excluding hydrogens is 309 g/mol. The molecule has 0 spiro atoms. The van der Waals surface area contributed by atoms with Gasteiger partial charge >= 0.3 is 0 Å². The molecule has 0 bridgehead atoms. The van der Waals surface area contributed by atoms with E-state index in [0.717, 1.165) is 16.8 Å². The molecule has 0 aromatic heterocycles. The van der Waals surface area contributed by atoms with Gasteiger partial charge < -0.3 is 5.32 Å². The van der Waals surface area contributed by atoms with Crippen LogP contribution in [0.4, 0.5) is 10.1 Å². The van der Waals surface area contributed by atoms with Crippen LogP contribution in [0, 0.1) is 12.7 Å². The monoisotopic (exact) mass is 329 g/mol. The second-order valence-electron chi connectivity index (χ2n) is 5.45. The van der Waals surface area contributed by atoms with E-state index in [2.05, 4.69) is 16.2 Å². The topological polar surface area (TPSA) is 70.2 Å². The third-order valence-corrected chi connectivity index (χ3v) is 3.38. The van der Waals surface area contributed by atoms with Gasteiger partial charge in [0.1, 0.15) is 5.82 Å². The number of rotatable bonds is 6. The number of amides is 2. The summed E-state index contributed by atoms with van der Waals surface area (Å²) in [5.41, 5.74) is 7.37. The zero-order valence-corrected chi connectivity index (χ0v) is 13.4. The molecule has 0 fully saturated rings. The van der Waals surface area contributed by atoms with Gasteiger partial charge in [-0.05, 0) is 43.2 Å². The molecule has 5 nitrogen and oxygen atoms in total. The minimum absolute atomic E-state index is 0.0488. The molecule has 24 heavy (non-hydrogen) atoms. The summed E-state index contributed by atoms with van der Waals surface area (Å²) in [6.07, 6.45) is 0.566. The lowest BCUT2D eigenvalue weighted by Crippen LogP contribution is -2.44. The lowest BCUT2D eigenvalue weighted by atomic mass is 10.1. The lowest BCUT2D eigenvalue weighted by Gasteiger charge is -2.09. The highest BCUT2D eigenvalue weighted by Crippen LogP contribution is 2.08. The van der Waals surface area contributed by atoms with Crippen LogP contribution in [0.3, 0.4) is 0 Å². The summed E-state index contributed by atoms with van der Waals surface area (Å²) >= 11 is 0. The van der Waals surface area contributed by atoms with E-state index in [4.69, 9.17) is 0 Å². The molecule has 0 saturated heterocycles. The molecule has 2 aromatic rings. The van der Waals surface area contributed by atoms with Crippen LogP contribution >= 0.6 is 0 Å². The first-order valence-corrected chi connectivity index (χ1v) is 7.65. The van der Waals surface area contributed by atoms with Crippen LogP contribution in [0.2, 0.25) is 0 Å². The molecule has 3 N–H and O–H groups in total. The Morgan fingerprint density at radius 2 is 1.71 bits per heavy atom. The van der Waals surface area contributed by atoms with Crippen LogP contribution in [0.5, 0.6) is 0 Å². The smallest absolute Gasteiger partial charge is 0.257 e. The van der Waals surface area contributed by atoms with E-state index in [0.29, 0.717) is 6.42 Å². The number of aryl methyl sites for hydroxylation is 2. The van der Waals surface area contributed by atoms with E-state index in [1.54, 1.807) is 12.1 Å². The van der Waals surface area contributed by atoms with Gasteiger partial charge in [-0.3, -0.25) is 20.4 Å². The molecule has 6 heteroatoms. The first-order chi connectivity index (χ1) is 11.5. The summed E-state index contributed by atoms with van der Waals surface area (Å²) in [5, 5.41) is 2.95. The summed E-state index contributed by atoms with van der Waals surface area (Å²) in [6, 6.07) is 13.7. The third kappa shape index (κ3) is 6.08. The predicted octanol–water partition coefficient (Wildman–Crippen LogP) is 2.33. The first-order valence-electron chi connectivity index (χ1n) is 7.65. The standard InChI is InChI=1S/C18H20FN3O2/c1-13-5-8-16(9-6-13)20-12-18(24)22-21-17(23)10-7-14-3-2-4-15(19)11-14/h2-6,8-9,11,20H,7,10,12H2,1H3,(H,21,23)(H,22,24). The predicted molar refractivity (Wildman–Crippen MR) is 90.7 cm³/mol. The van der Waals surface area contributed by atoms with Crippen molar-refractivity contribution in [2.45, 2.75) is 19.8 Å². The molecule has 2 amide bonds. The molecule has 126 valence electrons. The Bertz CT molecular complexity index is 702. The molecular formula is C18H20FN3O2. The van der Waals surface area contributed by atoms with Crippen molar-refractivity contribution in [1.29, 1.82) is 0 Å². The number of hydrazine groups is 1. The first kappa shape index (κ1) is 17.5. The maximum Gasteiger partial charge on any atom is 0.257 e. The average Bonchev–Trinajstić information content (AvgIpc) is 2.57. The highest BCUT2D eigenvalue weighted by Gasteiger charge is 2.05. The fourth-order valence-electron chi connectivity index (χ4n) is 2.05. The molecule has 0 radical (unpaired) electrons. The minimum Gasteiger partial charge on any atom is -0.376 e. The Morgan fingerprint density at radius 3 is 2.42 bits per heavy atom. The number of hydrogen-bond donors (Lipinski definition) is 3. The highest BCUT2D eigenvalue weighted by atomic mass is 19.1. The van der Waals surface area contributed by atoms with Crippen molar-refractivity contribution >= 4 is 17.5 Å². The minimum atomic E-state index is -0.352. The Kier molecular flexibility index (Phi) is 6.31. The molecule has 0 atom stereocenters. The van der Waals surface area contributed by atoms with Crippen molar-refractivity contribution in [3.8, 4) is 0 Å². The second-order valence-corrected chi connectivity index (χ2v) is 5.45. The van der Waals surface area contributed by atoms with Crippen LogP contribution in [0.15, 0.2) is 48.5 Å². The maximum absolute atomic E-state index is 13.0. The van der Waals surface area contributed by atoms with Crippen LogP contribution in [0.25, 0.3) is 0 Å². The molecule has 0 saturated carbocycles. The van der Waals surface area contributed by atoms with Gasteiger partial charge in [0.15, 0.2) is 0 Å². The largest absolute Gasteiger partial charge is 0.376 e. The van der Waals surface area contributed by atoms with Crippen LogP contribution in [-0.2, 0) is 16.0 Å². The zero-order valence-electron chi connectivity index (χ0n) is 13.4. The van der Waals surface area contributed by atoms with Crippen molar-refractivity contribution in [1.82, 2.24) is 10.9 Å². The van der Waals surface area contributed by atoms with Gasteiger partial charge in [0.2, 0.25) is 5.91 Å². The summed E-state index contributed by atoms with van der Waals surface area (Å²) in [6.45, 7) is 2.03. The van der Waals surface area contributed by atoms with Gasteiger partial charge in [0.25, 0.3) is 5.91 Å². The summed E-state index contributed by atoms with van der Waals surface area (Å²) in [7, 11) is 0. The van der Waals surface area contributed by atoms with E-state index in [1.807, 2.05) is 31.2 Å². The van der Waals surface area contributed by atoms with E-state index in [-0.39, 0.29) is 30.6 Å². The van der Waals surface area contributed by atoms with Crippen LogP contribution < -0.4 is 16.2 Å². The normalized spacial score (nSPS) is 10.1. The van der Waals surface area contributed by atoms with Crippen molar-refractivity contribution in [2.24, 2.45) is 0 Å². The van der Waals surface area contributed by atoms with Crippen LogP contribution in [0.1, 0.15) is 17.5 Å². The molecule has 0 aliphatic heterocycles. The molecule has 0 aliphatic rings. The molecule has 2 rings (SSSR count). The Balaban J connectivity index is 1.65. The second kappa shape index (κ2) is 8.67. The summed E-state index contributed by atoms with van der Waals surface area (Å²) in [5.74, 6) is -1.01. The number of anilines is 1. The maximum atomic E-state index is 13.0. The van der Waals surface area contributed by atoms with Gasteiger partial charge in [0, 0.05) is 12.1 Å². The van der Waals surface area contributed by atoms with E-state index in [1.165, 1.54) is 12.1 Å². The summed E-state index contributed by atoms with van der Waals surface area (Å²) in [4.78, 5) is 23.3. The Labute approximate surface area is 140 Å². The number of halogens is 1. The third-order valence-electron chi connectivity index (χ3n) is 3.38. The SMILES string of the molecule is Cc1ccc(NCC(=O)NNC(=O)CCc2cccc(F)c2)cc1. The lowest BCUT2D eigenvalue weighted by molar-refractivity contribution is -0.128. The number of hydrogen-bond acceptors (Lipinski definition) is 3. The number of carbonyl (C=O) groups is 2. The van der Waals surface area contributed by atoms with Crippen molar-refractivity contribution < 1.29 is 14.0 Å². The van der Waals surface area contributed by atoms with Crippen molar-refractivity contribution in [2.75, 3.05) is 11.9 Å².